The molecule has 1 aromatic heterocycles. The molecule has 0 aliphatic carbocycles. The van der Waals surface area contributed by atoms with Crippen LogP contribution in [0, 0.1) is 0 Å². The molecule has 2 aromatic carbocycles. The van der Waals surface area contributed by atoms with E-state index in [-0.39, 0.29) is 17.2 Å². The fourth-order valence-corrected chi connectivity index (χ4v) is 5.52. The van der Waals surface area contributed by atoms with Crippen molar-refractivity contribution in [2.45, 2.75) is 38.0 Å². The van der Waals surface area contributed by atoms with Gasteiger partial charge in [0.15, 0.2) is 5.58 Å². The molecule has 0 spiro atoms. The van der Waals surface area contributed by atoms with Crippen molar-refractivity contribution in [3.63, 3.8) is 0 Å². The molecule has 0 atom stereocenters. The molecule has 0 saturated heterocycles. The predicted molar refractivity (Wildman–Crippen MR) is 115 cm³/mol. The van der Waals surface area contributed by atoms with Gasteiger partial charge in [0.25, 0.3) is 0 Å². The van der Waals surface area contributed by atoms with E-state index < -0.39 is 10.0 Å². The Morgan fingerprint density at radius 2 is 1.93 bits per heavy atom. The van der Waals surface area contributed by atoms with Crippen molar-refractivity contribution in [1.29, 1.82) is 0 Å². The minimum Gasteiger partial charge on any atom is -0.356 e. The van der Waals surface area contributed by atoms with Crippen molar-refractivity contribution in [2.24, 2.45) is 0 Å². The lowest BCUT2D eigenvalue weighted by Gasteiger charge is -2.30. The van der Waals surface area contributed by atoms with Gasteiger partial charge in [0.1, 0.15) is 5.69 Å². The lowest BCUT2D eigenvalue weighted by Crippen LogP contribution is -2.37. The monoisotopic (exact) mass is 427 g/mol. The molecule has 1 amide bonds. The number of sulfonamides is 1. The number of fused-ring (bicyclic) bond motifs is 2. The molecule has 7 nitrogen and oxygen atoms in total. The molecular weight excluding hydrogens is 402 g/mol. The topological polar surface area (TPSA) is 83.7 Å². The van der Waals surface area contributed by atoms with Crippen LogP contribution in [-0.4, -0.2) is 43.4 Å². The summed E-state index contributed by atoms with van der Waals surface area (Å²) >= 11 is 0. The Morgan fingerprint density at radius 3 is 2.70 bits per heavy atom. The summed E-state index contributed by atoms with van der Waals surface area (Å²) in [6.07, 6.45) is 1.66. The third-order valence-electron chi connectivity index (χ3n) is 5.58. The summed E-state index contributed by atoms with van der Waals surface area (Å²) in [5.41, 5.74) is 2.93. The van der Waals surface area contributed by atoms with Crippen molar-refractivity contribution < 1.29 is 17.7 Å². The van der Waals surface area contributed by atoms with E-state index in [0.29, 0.717) is 30.9 Å². The average molecular weight is 428 g/mol. The molecule has 0 radical (unpaired) electrons. The van der Waals surface area contributed by atoms with E-state index >= 15 is 0 Å². The van der Waals surface area contributed by atoms with Gasteiger partial charge in [-0.1, -0.05) is 31.1 Å². The zero-order chi connectivity index (χ0) is 21.3. The Kier molecular flexibility index (Phi) is 5.62. The molecule has 2 heterocycles. The van der Waals surface area contributed by atoms with E-state index in [0.717, 1.165) is 29.5 Å². The molecule has 8 heteroatoms. The first kappa shape index (κ1) is 20.6. The van der Waals surface area contributed by atoms with Crippen LogP contribution in [0.2, 0.25) is 0 Å². The zero-order valence-electron chi connectivity index (χ0n) is 17.2. The minimum atomic E-state index is -3.53. The molecule has 3 aromatic rings. The van der Waals surface area contributed by atoms with E-state index in [1.165, 1.54) is 4.31 Å². The number of amides is 1. The smallest absolute Gasteiger partial charge is 0.243 e. The second-order valence-electron chi connectivity index (χ2n) is 7.33. The van der Waals surface area contributed by atoms with Crippen LogP contribution in [0.3, 0.4) is 0 Å². The highest BCUT2D eigenvalue weighted by atomic mass is 32.2. The maximum absolute atomic E-state index is 13.1. The Labute approximate surface area is 176 Å². The van der Waals surface area contributed by atoms with Crippen LogP contribution in [0.1, 0.15) is 31.5 Å². The molecule has 4 rings (SSSR count). The molecule has 1 aliphatic heterocycles. The summed E-state index contributed by atoms with van der Waals surface area (Å²) in [5, 5.41) is 4.90. The van der Waals surface area contributed by atoms with Gasteiger partial charge >= 0.3 is 0 Å². The Morgan fingerprint density at radius 1 is 1.17 bits per heavy atom. The van der Waals surface area contributed by atoms with Crippen LogP contribution in [0.15, 0.2) is 51.9 Å². The highest BCUT2D eigenvalue weighted by Gasteiger charge is 2.27. The quantitative estimate of drug-likeness (QED) is 0.602. The highest BCUT2D eigenvalue weighted by molar-refractivity contribution is 7.89. The number of nitrogens with zero attached hydrogens (tertiary/aromatic N) is 3. The van der Waals surface area contributed by atoms with E-state index in [1.807, 2.05) is 38.1 Å². The largest absolute Gasteiger partial charge is 0.356 e. The van der Waals surface area contributed by atoms with E-state index in [2.05, 4.69) is 5.16 Å². The Hall–Kier alpha value is -2.71. The van der Waals surface area contributed by atoms with E-state index in [4.69, 9.17) is 4.52 Å². The first-order valence-corrected chi connectivity index (χ1v) is 11.7. The van der Waals surface area contributed by atoms with Crippen LogP contribution in [0.4, 0.5) is 5.69 Å². The summed E-state index contributed by atoms with van der Waals surface area (Å²) in [6.45, 7) is 5.10. The number of hydrogen-bond donors (Lipinski definition) is 0. The van der Waals surface area contributed by atoms with Gasteiger partial charge in [-0.25, -0.2) is 8.42 Å². The number of anilines is 1. The van der Waals surface area contributed by atoms with Gasteiger partial charge in [0.05, 0.1) is 11.3 Å². The van der Waals surface area contributed by atoms with Crippen LogP contribution in [0.5, 0.6) is 0 Å². The van der Waals surface area contributed by atoms with Crippen molar-refractivity contribution in [2.75, 3.05) is 24.5 Å². The molecule has 158 valence electrons. The van der Waals surface area contributed by atoms with E-state index in [1.54, 1.807) is 23.1 Å². The summed E-state index contributed by atoms with van der Waals surface area (Å²) in [4.78, 5) is 15.1. The van der Waals surface area contributed by atoms with Crippen molar-refractivity contribution in [1.82, 2.24) is 9.46 Å². The maximum Gasteiger partial charge on any atom is 0.243 e. The first-order valence-electron chi connectivity index (χ1n) is 10.2. The maximum atomic E-state index is 13.1. The third kappa shape index (κ3) is 3.61. The number of aryl methyl sites for hydroxylation is 1. The molecule has 0 unspecified atom stereocenters. The first-order chi connectivity index (χ1) is 14.5. The minimum absolute atomic E-state index is 0.0747. The van der Waals surface area contributed by atoms with Crippen molar-refractivity contribution >= 4 is 32.6 Å². The lowest BCUT2D eigenvalue weighted by molar-refractivity contribution is -0.118. The second-order valence-corrected chi connectivity index (χ2v) is 9.27. The fraction of sp³-hybridized carbons (Fsp3) is 0.364. The number of carbonyl (C=O) groups excluding carboxylic acids is 1. The number of carbonyl (C=O) groups is 1. The Balaban J connectivity index is 1.62. The number of para-hydroxylation sites is 1. The summed E-state index contributed by atoms with van der Waals surface area (Å²) in [6, 6.07) is 12.5. The van der Waals surface area contributed by atoms with Crippen LogP contribution in [0.25, 0.3) is 11.0 Å². The molecule has 0 N–H and O–H groups in total. The normalized spacial score (nSPS) is 14.3. The number of rotatable bonds is 6. The Bertz CT molecular complexity index is 1180. The van der Waals surface area contributed by atoms with Gasteiger partial charge in [-0.05, 0) is 48.7 Å². The van der Waals surface area contributed by atoms with Gasteiger partial charge in [0.2, 0.25) is 15.9 Å². The summed E-state index contributed by atoms with van der Waals surface area (Å²) < 4.78 is 32.5. The van der Waals surface area contributed by atoms with Gasteiger partial charge in [0, 0.05) is 30.7 Å². The van der Waals surface area contributed by atoms with Crippen molar-refractivity contribution in [3.8, 4) is 0 Å². The molecule has 1 aliphatic rings. The number of hydrogen-bond acceptors (Lipinski definition) is 5. The zero-order valence-corrected chi connectivity index (χ0v) is 18.0. The van der Waals surface area contributed by atoms with E-state index in [9.17, 15) is 13.2 Å². The van der Waals surface area contributed by atoms with Crippen LogP contribution >= 0.6 is 0 Å². The van der Waals surface area contributed by atoms with Gasteiger partial charge < -0.3 is 9.42 Å². The fourth-order valence-electron chi connectivity index (χ4n) is 4.01. The summed E-state index contributed by atoms with van der Waals surface area (Å²) in [7, 11) is -3.53. The van der Waals surface area contributed by atoms with Gasteiger partial charge in [-0.3, -0.25) is 4.79 Å². The molecular formula is C22H25N3O4S. The van der Waals surface area contributed by atoms with Gasteiger partial charge in [-0.15, -0.1) is 0 Å². The molecule has 0 bridgehead atoms. The standard InChI is InChI=1S/C22H25N3O4S/c1-3-24(4-2)30(27,28)17-11-12-20-16(14-17)8-7-13-25(20)22(26)15-19-18-9-5-6-10-21(18)29-23-19/h5-6,9-12,14H,3-4,7-8,13,15H2,1-2H3. The van der Waals surface area contributed by atoms with Crippen molar-refractivity contribution in [3.05, 3.63) is 53.7 Å². The molecule has 0 fully saturated rings. The second kappa shape index (κ2) is 8.20. The van der Waals surface area contributed by atoms with Crippen LogP contribution < -0.4 is 4.90 Å². The number of aromatic nitrogens is 1. The number of benzene rings is 2. The molecule has 0 saturated carbocycles. The SMILES string of the molecule is CCN(CC)S(=O)(=O)c1ccc2c(c1)CCCN2C(=O)Cc1noc2ccccc12. The van der Waals surface area contributed by atoms with Gasteiger partial charge in [-0.2, -0.15) is 4.31 Å². The summed E-state index contributed by atoms with van der Waals surface area (Å²) in [5.74, 6) is -0.0747. The predicted octanol–water partition coefficient (Wildman–Crippen LogP) is 3.38. The third-order valence-corrected chi connectivity index (χ3v) is 7.63. The highest BCUT2D eigenvalue weighted by Crippen LogP contribution is 2.31. The van der Waals surface area contributed by atoms with Crippen LogP contribution in [-0.2, 0) is 27.7 Å². The average Bonchev–Trinajstić information content (AvgIpc) is 3.16. The molecule has 30 heavy (non-hydrogen) atoms. The lowest BCUT2D eigenvalue weighted by atomic mass is 10.0.